The molecule has 0 radical (unpaired) electrons. The predicted octanol–water partition coefficient (Wildman–Crippen LogP) is 2.40. The Morgan fingerprint density at radius 1 is 0.645 bits per heavy atom. The number of hydrogen-bond donors (Lipinski definition) is 3. The van der Waals surface area contributed by atoms with E-state index in [1.165, 1.54) is 18.6 Å². The second-order valence-electron chi connectivity index (χ2n) is 7.51. The van der Waals surface area contributed by atoms with Gasteiger partial charge in [0.05, 0.1) is 36.7 Å². The number of rotatable bonds is 12. The first-order valence-electron chi connectivity index (χ1n) is 10.6. The Morgan fingerprint density at radius 2 is 0.935 bits per heavy atom. The Hall–Kier alpha value is -3.22. The van der Waals surface area contributed by atoms with E-state index in [1.807, 2.05) is 0 Å². The smallest absolute Gasteiger partial charge is 0.117 e. The van der Waals surface area contributed by atoms with Gasteiger partial charge in [-0.2, -0.15) is 0 Å². The first-order chi connectivity index (χ1) is 15.0. The Morgan fingerprint density at radius 3 is 1.13 bits per heavy atom. The highest BCUT2D eigenvalue weighted by molar-refractivity contribution is 5.13. The SMILES string of the molecule is CCCC(c1cnnn1O)N(C(CCC)c1cnnn1O)C(CCC)c1cnnn1O. The van der Waals surface area contributed by atoms with Gasteiger partial charge >= 0.3 is 0 Å². The van der Waals surface area contributed by atoms with Crippen molar-refractivity contribution in [3.05, 3.63) is 35.7 Å². The van der Waals surface area contributed by atoms with E-state index in [-0.39, 0.29) is 18.1 Å². The van der Waals surface area contributed by atoms with Crippen molar-refractivity contribution in [1.82, 2.24) is 50.4 Å². The highest BCUT2D eigenvalue weighted by Gasteiger charge is 2.39. The lowest BCUT2D eigenvalue weighted by Crippen LogP contribution is -2.39. The van der Waals surface area contributed by atoms with Crippen LogP contribution in [-0.2, 0) is 0 Å². The van der Waals surface area contributed by atoms with Crippen LogP contribution in [0.2, 0.25) is 0 Å². The summed E-state index contributed by atoms with van der Waals surface area (Å²) >= 11 is 0. The van der Waals surface area contributed by atoms with Crippen molar-refractivity contribution in [1.29, 1.82) is 0 Å². The molecule has 0 bridgehead atoms. The van der Waals surface area contributed by atoms with Crippen molar-refractivity contribution in [3.63, 3.8) is 0 Å². The molecule has 13 nitrogen and oxygen atoms in total. The second kappa shape index (κ2) is 10.2. The lowest BCUT2D eigenvalue weighted by atomic mass is 9.94. The van der Waals surface area contributed by atoms with Crippen LogP contribution in [0.4, 0.5) is 0 Å². The maximum absolute atomic E-state index is 10.3. The molecule has 3 atom stereocenters. The van der Waals surface area contributed by atoms with Gasteiger partial charge in [0.25, 0.3) is 0 Å². The van der Waals surface area contributed by atoms with Gasteiger partial charge in [-0.15, -0.1) is 15.3 Å². The van der Waals surface area contributed by atoms with E-state index < -0.39 is 0 Å². The van der Waals surface area contributed by atoms with Crippen LogP contribution in [0.1, 0.15) is 94.5 Å². The van der Waals surface area contributed by atoms with Gasteiger partial charge in [0.2, 0.25) is 0 Å². The van der Waals surface area contributed by atoms with Crippen LogP contribution >= 0.6 is 0 Å². The van der Waals surface area contributed by atoms with E-state index >= 15 is 0 Å². The van der Waals surface area contributed by atoms with Gasteiger partial charge in [0, 0.05) is 0 Å². The maximum Gasteiger partial charge on any atom is 0.117 e. The predicted molar refractivity (Wildman–Crippen MR) is 106 cm³/mol. The summed E-state index contributed by atoms with van der Waals surface area (Å²) in [6.45, 7) is 6.15. The molecule has 0 saturated carbocycles. The highest BCUT2D eigenvalue weighted by Crippen LogP contribution is 2.43. The molecule has 0 aliphatic carbocycles. The average molecular weight is 435 g/mol. The molecule has 0 aliphatic rings. The van der Waals surface area contributed by atoms with Crippen LogP contribution in [-0.4, -0.2) is 66.0 Å². The van der Waals surface area contributed by atoms with Crippen molar-refractivity contribution in [3.8, 4) is 0 Å². The molecule has 3 aromatic rings. The second-order valence-corrected chi connectivity index (χ2v) is 7.51. The van der Waals surface area contributed by atoms with Crippen LogP contribution in [0, 0.1) is 0 Å². The molecule has 3 unspecified atom stereocenters. The molecule has 0 fully saturated rings. The Kier molecular flexibility index (Phi) is 7.39. The van der Waals surface area contributed by atoms with Crippen LogP contribution in [0.3, 0.4) is 0 Å². The Labute approximate surface area is 179 Å². The van der Waals surface area contributed by atoms with Crippen molar-refractivity contribution in [2.45, 2.75) is 77.4 Å². The molecule has 31 heavy (non-hydrogen) atoms. The summed E-state index contributed by atoms with van der Waals surface area (Å²) in [5.41, 5.74) is 1.54. The Balaban J connectivity index is 2.21. The summed E-state index contributed by atoms with van der Waals surface area (Å²) in [5, 5.41) is 53.7. The molecule has 170 valence electrons. The third kappa shape index (κ3) is 4.60. The van der Waals surface area contributed by atoms with E-state index in [0.29, 0.717) is 36.3 Å². The van der Waals surface area contributed by atoms with Crippen molar-refractivity contribution in [2.24, 2.45) is 0 Å². The molecule has 3 heterocycles. The van der Waals surface area contributed by atoms with Crippen molar-refractivity contribution < 1.29 is 15.6 Å². The minimum Gasteiger partial charge on any atom is -0.410 e. The minimum atomic E-state index is -0.331. The monoisotopic (exact) mass is 434 g/mol. The van der Waals surface area contributed by atoms with Gasteiger partial charge in [0.1, 0.15) is 17.1 Å². The van der Waals surface area contributed by atoms with Gasteiger partial charge in [-0.05, 0) is 34.9 Å². The Bertz CT molecular complexity index is 819. The lowest BCUT2D eigenvalue weighted by molar-refractivity contribution is 0.00975. The van der Waals surface area contributed by atoms with Gasteiger partial charge in [-0.1, -0.05) is 54.6 Å². The van der Waals surface area contributed by atoms with Gasteiger partial charge in [-0.3, -0.25) is 4.90 Å². The summed E-state index contributed by atoms with van der Waals surface area (Å²) in [6.07, 6.45) is 9.07. The fourth-order valence-corrected chi connectivity index (χ4v) is 4.19. The van der Waals surface area contributed by atoms with E-state index in [9.17, 15) is 15.6 Å². The minimum absolute atomic E-state index is 0.331. The fraction of sp³-hybridized carbons (Fsp3) is 0.667. The largest absolute Gasteiger partial charge is 0.410 e. The van der Waals surface area contributed by atoms with E-state index in [2.05, 4.69) is 56.6 Å². The molecule has 0 amide bonds. The number of nitrogens with zero attached hydrogens (tertiary/aromatic N) is 10. The zero-order chi connectivity index (χ0) is 22.4. The number of aromatic nitrogens is 9. The third-order valence-electron chi connectivity index (χ3n) is 5.46. The van der Waals surface area contributed by atoms with Gasteiger partial charge < -0.3 is 15.6 Å². The zero-order valence-corrected chi connectivity index (χ0v) is 18.0. The molecule has 3 rings (SSSR count). The standard InChI is InChI=1S/C18H30N10O3/c1-4-7-13(16-10-19-22-26(16)29)25(14(8-5-2)17-11-20-23-27(17)30)15(9-6-3)18-12-21-24-28(18)31/h10-15,29-31H,4-9H2,1-3H3. The zero-order valence-electron chi connectivity index (χ0n) is 18.0. The average Bonchev–Trinajstić information content (AvgIpc) is 3.47. The summed E-state index contributed by atoms with van der Waals surface area (Å²) in [4.78, 5) is 4.49. The van der Waals surface area contributed by atoms with E-state index in [0.717, 1.165) is 33.8 Å². The summed E-state index contributed by atoms with van der Waals surface area (Å²) < 4.78 is 0. The molecule has 0 saturated heterocycles. The normalized spacial score (nSPS) is 14.7. The molecule has 13 heteroatoms. The number of hydrogen-bond acceptors (Lipinski definition) is 10. The quantitative estimate of drug-likeness (QED) is 0.362. The summed E-state index contributed by atoms with van der Waals surface area (Å²) in [5.74, 6) is 0. The maximum atomic E-state index is 10.3. The van der Waals surface area contributed by atoms with Crippen LogP contribution in [0.15, 0.2) is 18.6 Å². The third-order valence-corrected chi connectivity index (χ3v) is 5.46. The fourth-order valence-electron chi connectivity index (χ4n) is 4.19. The molecular formula is C18H30N10O3. The van der Waals surface area contributed by atoms with Crippen LogP contribution < -0.4 is 0 Å². The summed E-state index contributed by atoms with van der Waals surface area (Å²) in [7, 11) is 0. The summed E-state index contributed by atoms with van der Waals surface area (Å²) in [6, 6.07) is -0.992. The van der Waals surface area contributed by atoms with Crippen molar-refractivity contribution in [2.75, 3.05) is 0 Å². The molecular weight excluding hydrogens is 404 g/mol. The van der Waals surface area contributed by atoms with E-state index in [1.54, 1.807) is 0 Å². The highest BCUT2D eigenvalue weighted by atomic mass is 16.5. The first-order valence-corrected chi connectivity index (χ1v) is 10.6. The van der Waals surface area contributed by atoms with E-state index in [4.69, 9.17) is 0 Å². The van der Waals surface area contributed by atoms with Crippen LogP contribution in [0.5, 0.6) is 0 Å². The molecule has 3 N–H and O–H groups in total. The molecule has 0 aliphatic heterocycles. The molecule has 0 spiro atoms. The molecule has 0 aromatic carbocycles. The molecule has 3 aromatic heterocycles. The first kappa shape index (κ1) is 22.5. The lowest BCUT2D eigenvalue weighted by Gasteiger charge is -2.42. The topological polar surface area (TPSA) is 156 Å². The van der Waals surface area contributed by atoms with Gasteiger partial charge in [-0.25, -0.2) is 0 Å². The van der Waals surface area contributed by atoms with Crippen molar-refractivity contribution >= 4 is 0 Å². The van der Waals surface area contributed by atoms with Crippen LogP contribution in [0.25, 0.3) is 0 Å². The van der Waals surface area contributed by atoms with Gasteiger partial charge in [0.15, 0.2) is 0 Å².